The van der Waals surface area contributed by atoms with Crippen molar-refractivity contribution in [3.8, 4) is 11.5 Å². The van der Waals surface area contributed by atoms with Crippen molar-refractivity contribution in [3.63, 3.8) is 0 Å². The second-order valence-electron chi connectivity index (χ2n) is 5.75. The molecule has 0 unspecified atom stereocenters. The van der Waals surface area contributed by atoms with E-state index in [4.69, 9.17) is 4.74 Å². The molecule has 138 valence electrons. The number of nitrogens with zero attached hydrogens (tertiary/aromatic N) is 1. The lowest BCUT2D eigenvalue weighted by atomic mass is 10.2. The Kier molecular flexibility index (Phi) is 5.09. The Morgan fingerprint density at radius 2 is 1.56 bits per heavy atom. The van der Waals surface area contributed by atoms with Gasteiger partial charge in [-0.3, -0.25) is 14.8 Å². The first-order valence-electron chi connectivity index (χ1n) is 7.96. The Morgan fingerprint density at radius 3 is 2.19 bits per heavy atom. The predicted molar refractivity (Wildman–Crippen MR) is 102 cm³/mol. The van der Waals surface area contributed by atoms with Gasteiger partial charge in [-0.25, -0.2) is 8.42 Å². The summed E-state index contributed by atoms with van der Waals surface area (Å²) in [5, 5.41) is 10.9. The molecule has 0 heterocycles. The molecule has 0 amide bonds. The monoisotopic (exact) mass is 384 g/mol. The molecule has 3 aromatic rings. The molecule has 1 N–H and O–H groups in total. The lowest BCUT2D eigenvalue weighted by Gasteiger charge is -2.11. The van der Waals surface area contributed by atoms with Gasteiger partial charge in [-0.05, 0) is 48.9 Å². The Bertz CT molecular complexity index is 1070. The van der Waals surface area contributed by atoms with E-state index in [1.807, 2.05) is 30.3 Å². The van der Waals surface area contributed by atoms with Gasteiger partial charge in [0, 0.05) is 17.8 Å². The van der Waals surface area contributed by atoms with Crippen molar-refractivity contribution in [2.45, 2.75) is 11.8 Å². The molecule has 0 atom stereocenters. The molecule has 0 saturated carbocycles. The smallest absolute Gasteiger partial charge is 0.270 e. The van der Waals surface area contributed by atoms with Crippen LogP contribution in [0.5, 0.6) is 11.5 Å². The second kappa shape index (κ2) is 7.46. The van der Waals surface area contributed by atoms with Gasteiger partial charge in [0.15, 0.2) is 0 Å². The molecule has 0 fully saturated rings. The highest BCUT2D eigenvalue weighted by molar-refractivity contribution is 7.92. The summed E-state index contributed by atoms with van der Waals surface area (Å²) < 4.78 is 33.3. The van der Waals surface area contributed by atoms with E-state index in [0.717, 1.165) is 6.07 Å². The van der Waals surface area contributed by atoms with Crippen molar-refractivity contribution in [3.05, 3.63) is 88.5 Å². The number of hydrogen-bond acceptors (Lipinski definition) is 5. The molecular weight excluding hydrogens is 368 g/mol. The van der Waals surface area contributed by atoms with Crippen molar-refractivity contribution in [1.29, 1.82) is 0 Å². The molecule has 0 aliphatic carbocycles. The number of para-hydroxylation sites is 1. The van der Waals surface area contributed by atoms with Crippen molar-refractivity contribution in [2.24, 2.45) is 0 Å². The number of benzene rings is 3. The zero-order valence-corrected chi connectivity index (χ0v) is 15.1. The third kappa shape index (κ3) is 4.42. The van der Waals surface area contributed by atoms with E-state index in [-0.39, 0.29) is 10.6 Å². The molecule has 0 aromatic heterocycles. The number of rotatable bonds is 6. The van der Waals surface area contributed by atoms with Crippen molar-refractivity contribution < 1.29 is 18.1 Å². The normalized spacial score (nSPS) is 11.0. The van der Waals surface area contributed by atoms with Crippen LogP contribution in [0.1, 0.15) is 5.56 Å². The Labute approximate surface area is 156 Å². The highest BCUT2D eigenvalue weighted by Gasteiger charge is 2.20. The quantitative estimate of drug-likeness (QED) is 0.498. The standard InChI is InChI=1S/C19H16N2O5S/c1-14-7-10-16(21(22)23)13-19(14)27(24,25)20-15-8-11-18(12-9-15)26-17-5-3-2-4-6-17/h2-13,20H,1H3. The Hall–Kier alpha value is -3.39. The molecule has 0 aliphatic heterocycles. The van der Waals surface area contributed by atoms with Gasteiger partial charge >= 0.3 is 0 Å². The minimum Gasteiger partial charge on any atom is -0.457 e. The number of aryl methyl sites for hydroxylation is 1. The predicted octanol–water partition coefficient (Wildman–Crippen LogP) is 4.50. The summed E-state index contributed by atoms with van der Waals surface area (Å²) in [6.07, 6.45) is 0. The van der Waals surface area contributed by atoms with Crippen LogP contribution in [0.15, 0.2) is 77.7 Å². The molecule has 7 nitrogen and oxygen atoms in total. The average molecular weight is 384 g/mol. The zero-order valence-electron chi connectivity index (χ0n) is 14.3. The van der Waals surface area contributed by atoms with Crippen molar-refractivity contribution in [1.82, 2.24) is 0 Å². The molecule has 0 aliphatic rings. The maximum Gasteiger partial charge on any atom is 0.270 e. The Balaban J connectivity index is 1.80. The van der Waals surface area contributed by atoms with Gasteiger partial charge in [0.1, 0.15) is 11.5 Å². The molecule has 0 saturated heterocycles. The van der Waals surface area contributed by atoms with Crippen LogP contribution in [-0.4, -0.2) is 13.3 Å². The van der Waals surface area contributed by atoms with E-state index in [1.165, 1.54) is 12.1 Å². The van der Waals surface area contributed by atoms with Crippen LogP contribution in [-0.2, 0) is 10.0 Å². The van der Waals surface area contributed by atoms with E-state index >= 15 is 0 Å². The van der Waals surface area contributed by atoms with E-state index in [9.17, 15) is 18.5 Å². The van der Waals surface area contributed by atoms with E-state index in [2.05, 4.69) is 4.72 Å². The molecule has 27 heavy (non-hydrogen) atoms. The lowest BCUT2D eigenvalue weighted by molar-refractivity contribution is -0.385. The summed E-state index contributed by atoms with van der Waals surface area (Å²) >= 11 is 0. The fraction of sp³-hybridized carbons (Fsp3) is 0.0526. The number of non-ortho nitro benzene ring substituents is 1. The molecule has 0 spiro atoms. The summed E-state index contributed by atoms with van der Waals surface area (Å²) in [5.74, 6) is 1.22. The van der Waals surface area contributed by atoms with Gasteiger partial charge in [0.05, 0.1) is 9.82 Å². The van der Waals surface area contributed by atoms with Crippen LogP contribution in [0.2, 0.25) is 0 Å². The first-order chi connectivity index (χ1) is 12.8. The maximum atomic E-state index is 12.6. The number of sulfonamides is 1. The lowest BCUT2D eigenvalue weighted by Crippen LogP contribution is -2.14. The SMILES string of the molecule is Cc1ccc([N+](=O)[O-])cc1S(=O)(=O)Nc1ccc(Oc2ccccc2)cc1. The third-order valence-electron chi connectivity index (χ3n) is 3.76. The van der Waals surface area contributed by atoms with Crippen LogP contribution >= 0.6 is 0 Å². The van der Waals surface area contributed by atoms with E-state index < -0.39 is 14.9 Å². The first kappa shape index (κ1) is 18.4. The van der Waals surface area contributed by atoms with Gasteiger partial charge in [0.25, 0.3) is 15.7 Å². The fourth-order valence-corrected chi connectivity index (χ4v) is 3.74. The van der Waals surface area contributed by atoms with Crippen LogP contribution < -0.4 is 9.46 Å². The summed E-state index contributed by atoms with van der Waals surface area (Å²) in [5.41, 5.74) is 0.450. The van der Waals surface area contributed by atoms with Gasteiger partial charge in [-0.2, -0.15) is 0 Å². The average Bonchev–Trinajstić information content (AvgIpc) is 2.64. The minimum absolute atomic E-state index is 0.138. The van der Waals surface area contributed by atoms with E-state index in [1.54, 1.807) is 31.2 Å². The summed E-state index contributed by atoms with van der Waals surface area (Å²) in [6, 6.07) is 19.3. The minimum atomic E-state index is -3.97. The van der Waals surface area contributed by atoms with Gasteiger partial charge in [-0.1, -0.05) is 24.3 Å². The Morgan fingerprint density at radius 1 is 0.926 bits per heavy atom. The van der Waals surface area contributed by atoms with E-state index in [0.29, 0.717) is 22.7 Å². The molecule has 3 rings (SSSR count). The molecule has 3 aromatic carbocycles. The summed E-state index contributed by atoms with van der Waals surface area (Å²) in [6.45, 7) is 1.58. The molecule has 0 radical (unpaired) electrons. The molecule has 8 heteroatoms. The number of anilines is 1. The number of nitrogens with one attached hydrogen (secondary N) is 1. The van der Waals surface area contributed by atoms with Crippen molar-refractivity contribution >= 4 is 21.4 Å². The highest BCUT2D eigenvalue weighted by atomic mass is 32.2. The first-order valence-corrected chi connectivity index (χ1v) is 9.44. The zero-order chi connectivity index (χ0) is 19.4. The second-order valence-corrected chi connectivity index (χ2v) is 7.40. The van der Waals surface area contributed by atoms with Crippen LogP contribution in [0.3, 0.4) is 0 Å². The van der Waals surface area contributed by atoms with Gasteiger partial charge in [-0.15, -0.1) is 0 Å². The van der Waals surface area contributed by atoms with Gasteiger partial charge < -0.3 is 4.74 Å². The topological polar surface area (TPSA) is 98.5 Å². The number of hydrogen-bond donors (Lipinski definition) is 1. The highest BCUT2D eigenvalue weighted by Crippen LogP contribution is 2.26. The van der Waals surface area contributed by atoms with Crippen LogP contribution in [0.4, 0.5) is 11.4 Å². The van der Waals surface area contributed by atoms with Crippen LogP contribution in [0, 0.1) is 17.0 Å². The molecule has 0 bridgehead atoms. The number of nitro groups is 1. The largest absolute Gasteiger partial charge is 0.457 e. The molecular formula is C19H16N2O5S. The van der Waals surface area contributed by atoms with Crippen LogP contribution in [0.25, 0.3) is 0 Å². The summed E-state index contributed by atoms with van der Waals surface area (Å²) in [4.78, 5) is 10.1. The fourth-order valence-electron chi connectivity index (χ4n) is 2.42. The maximum absolute atomic E-state index is 12.6. The summed E-state index contributed by atoms with van der Waals surface area (Å²) in [7, 11) is -3.97. The third-order valence-corrected chi connectivity index (χ3v) is 5.28. The van der Waals surface area contributed by atoms with Crippen molar-refractivity contribution in [2.75, 3.05) is 4.72 Å². The van der Waals surface area contributed by atoms with Gasteiger partial charge in [0.2, 0.25) is 0 Å². The number of ether oxygens (including phenoxy) is 1. The number of nitro benzene ring substituents is 1.